The van der Waals surface area contributed by atoms with Crippen molar-refractivity contribution in [1.29, 1.82) is 0 Å². The molecule has 2 unspecified atom stereocenters. The van der Waals surface area contributed by atoms with Crippen LogP contribution in [0.5, 0.6) is 5.75 Å². The topological polar surface area (TPSA) is 80.7 Å². The van der Waals surface area contributed by atoms with Crippen molar-refractivity contribution in [2.24, 2.45) is 0 Å². The van der Waals surface area contributed by atoms with Crippen LogP contribution >= 0.6 is 0 Å². The number of rotatable bonds is 8. The normalized spacial score (nSPS) is 17.9. The third-order valence-electron chi connectivity index (χ3n) is 5.70. The fourth-order valence-electron chi connectivity index (χ4n) is 4.26. The van der Waals surface area contributed by atoms with Crippen LogP contribution in [0.4, 0.5) is 0 Å². The molecule has 0 bridgehead atoms. The smallest absolute Gasteiger partial charge is 0.441 e. The lowest BCUT2D eigenvalue weighted by molar-refractivity contribution is 0.0904. The maximum atomic E-state index is 12.2. The molecule has 0 saturated carbocycles. The van der Waals surface area contributed by atoms with Crippen LogP contribution in [0, 0.1) is 0 Å². The van der Waals surface area contributed by atoms with Crippen LogP contribution in [0.15, 0.2) is 63.9 Å². The highest BCUT2D eigenvalue weighted by Gasteiger charge is 2.28. The van der Waals surface area contributed by atoms with Crippen LogP contribution in [0.25, 0.3) is 11.4 Å². The molecule has 0 amide bonds. The minimum absolute atomic E-state index is 0.143. The molecule has 1 aliphatic rings. The van der Waals surface area contributed by atoms with E-state index in [1.165, 1.54) is 10.1 Å². The van der Waals surface area contributed by atoms with Gasteiger partial charge in [-0.2, -0.15) is 0 Å². The Kier molecular flexibility index (Phi) is 6.30. The Morgan fingerprint density at radius 1 is 1.17 bits per heavy atom. The van der Waals surface area contributed by atoms with Gasteiger partial charge in [-0.05, 0) is 37.4 Å². The van der Waals surface area contributed by atoms with E-state index in [2.05, 4.69) is 16.1 Å². The van der Waals surface area contributed by atoms with Gasteiger partial charge in [0, 0.05) is 18.2 Å². The quantitative estimate of drug-likeness (QED) is 0.616. The number of hydrogen-bond donors (Lipinski definition) is 1. The summed E-state index contributed by atoms with van der Waals surface area (Å²) in [7, 11) is 1.69. The monoisotopic (exact) mass is 409 g/mol. The zero-order valence-electron chi connectivity index (χ0n) is 17.1. The Labute approximate surface area is 175 Å². The van der Waals surface area contributed by atoms with E-state index in [-0.39, 0.29) is 6.54 Å². The molecule has 2 aromatic carbocycles. The molecule has 4 rings (SSSR count). The number of para-hydroxylation sites is 1. The number of aliphatic hydroxyl groups excluding tert-OH is 1. The molecular formula is C23H27N3O4. The van der Waals surface area contributed by atoms with Crippen molar-refractivity contribution in [1.82, 2.24) is 14.6 Å². The van der Waals surface area contributed by atoms with Crippen LogP contribution in [-0.4, -0.2) is 52.1 Å². The number of ether oxygens (including phenoxy) is 1. The van der Waals surface area contributed by atoms with Crippen LogP contribution < -0.4 is 10.5 Å². The first-order valence-electron chi connectivity index (χ1n) is 10.3. The predicted octanol–water partition coefficient (Wildman–Crippen LogP) is 2.58. The van der Waals surface area contributed by atoms with E-state index < -0.39 is 11.9 Å². The fraction of sp³-hybridized carbons (Fsp3) is 0.391. The minimum Gasteiger partial charge on any atom is -0.496 e. The molecule has 1 aliphatic heterocycles. The maximum Gasteiger partial charge on any atom is 0.441 e. The molecule has 158 valence electrons. The number of likely N-dealkylation sites (tertiary alicyclic amines) is 1. The summed E-state index contributed by atoms with van der Waals surface area (Å²) in [6.07, 6.45) is 2.34. The second-order valence-corrected chi connectivity index (χ2v) is 7.71. The zero-order chi connectivity index (χ0) is 20.9. The Bertz CT molecular complexity index is 1010. The number of nitrogens with zero attached hydrogens (tertiary/aromatic N) is 3. The van der Waals surface area contributed by atoms with Crippen molar-refractivity contribution in [3.63, 3.8) is 0 Å². The van der Waals surface area contributed by atoms with Crippen molar-refractivity contribution < 1.29 is 14.4 Å². The van der Waals surface area contributed by atoms with Gasteiger partial charge in [-0.15, -0.1) is 0 Å². The third kappa shape index (κ3) is 4.47. The van der Waals surface area contributed by atoms with Crippen molar-refractivity contribution in [3.8, 4) is 17.1 Å². The first kappa shape index (κ1) is 20.4. The van der Waals surface area contributed by atoms with Crippen LogP contribution in [0.2, 0.25) is 0 Å². The molecule has 7 heteroatoms. The molecule has 1 N–H and O–H groups in total. The Morgan fingerprint density at radius 3 is 2.73 bits per heavy atom. The first-order valence-corrected chi connectivity index (χ1v) is 10.3. The molecule has 2 atom stereocenters. The highest BCUT2D eigenvalue weighted by atomic mass is 16.5. The summed E-state index contributed by atoms with van der Waals surface area (Å²) < 4.78 is 11.8. The summed E-state index contributed by atoms with van der Waals surface area (Å²) in [6.45, 7) is 1.57. The zero-order valence-corrected chi connectivity index (χ0v) is 17.1. The largest absolute Gasteiger partial charge is 0.496 e. The number of benzene rings is 2. The van der Waals surface area contributed by atoms with E-state index in [4.69, 9.17) is 9.26 Å². The Hall–Kier alpha value is -2.90. The molecule has 1 aromatic heterocycles. The average molecular weight is 409 g/mol. The Balaban J connectivity index is 1.44. The summed E-state index contributed by atoms with van der Waals surface area (Å²) in [4.78, 5) is 14.5. The van der Waals surface area contributed by atoms with Crippen molar-refractivity contribution in [2.45, 2.75) is 38.0 Å². The van der Waals surface area contributed by atoms with Crippen LogP contribution in [0.3, 0.4) is 0 Å². The average Bonchev–Trinajstić information content (AvgIpc) is 3.35. The summed E-state index contributed by atoms with van der Waals surface area (Å²) in [6, 6.07) is 17.8. The lowest BCUT2D eigenvalue weighted by Crippen LogP contribution is -2.40. The SMILES string of the molecule is COc1ccccc1CC1CCCN1CC(O)Cn1c(-c2ccccc2)noc1=O. The van der Waals surface area contributed by atoms with Gasteiger partial charge in [0.2, 0.25) is 0 Å². The van der Waals surface area contributed by atoms with Crippen molar-refractivity contribution in [2.75, 3.05) is 20.2 Å². The van der Waals surface area contributed by atoms with Gasteiger partial charge in [-0.25, -0.2) is 4.79 Å². The van der Waals surface area contributed by atoms with Crippen molar-refractivity contribution >= 4 is 0 Å². The molecule has 0 radical (unpaired) electrons. The second-order valence-electron chi connectivity index (χ2n) is 7.71. The fourth-order valence-corrected chi connectivity index (χ4v) is 4.26. The van der Waals surface area contributed by atoms with E-state index >= 15 is 0 Å². The van der Waals surface area contributed by atoms with Gasteiger partial charge >= 0.3 is 5.76 Å². The number of aliphatic hydroxyl groups is 1. The van der Waals surface area contributed by atoms with E-state index in [1.54, 1.807) is 7.11 Å². The Morgan fingerprint density at radius 2 is 1.93 bits per heavy atom. The number of β-amino-alcohol motifs (C(OH)–C–C–N with tert-alkyl or cyclic N) is 1. The van der Waals surface area contributed by atoms with Gasteiger partial charge in [0.1, 0.15) is 5.75 Å². The second kappa shape index (κ2) is 9.28. The predicted molar refractivity (Wildman–Crippen MR) is 113 cm³/mol. The molecule has 0 spiro atoms. The lowest BCUT2D eigenvalue weighted by atomic mass is 10.0. The molecule has 1 saturated heterocycles. The molecule has 2 heterocycles. The molecule has 30 heavy (non-hydrogen) atoms. The highest BCUT2D eigenvalue weighted by molar-refractivity contribution is 5.54. The van der Waals surface area contributed by atoms with Gasteiger partial charge in [-0.1, -0.05) is 53.7 Å². The molecule has 1 fully saturated rings. The summed E-state index contributed by atoms with van der Waals surface area (Å²) >= 11 is 0. The summed E-state index contributed by atoms with van der Waals surface area (Å²) in [5.74, 6) is 0.778. The third-order valence-corrected chi connectivity index (χ3v) is 5.70. The van der Waals surface area contributed by atoms with E-state index in [9.17, 15) is 9.90 Å². The molecule has 7 nitrogen and oxygen atoms in total. The number of aromatic nitrogens is 2. The lowest BCUT2D eigenvalue weighted by Gasteiger charge is -2.27. The van der Waals surface area contributed by atoms with Gasteiger partial charge in [0.25, 0.3) is 0 Å². The van der Waals surface area contributed by atoms with E-state index in [0.717, 1.165) is 37.1 Å². The number of methoxy groups -OCH3 is 1. The van der Waals surface area contributed by atoms with E-state index in [1.807, 2.05) is 48.5 Å². The summed E-state index contributed by atoms with van der Waals surface area (Å²) in [5, 5.41) is 14.7. The standard InChI is InChI=1S/C23H27N3O4/c1-29-21-12-6-5-10-18(21)14-19-11-7-13-25(19)15-20(27)16-26-22(24-30-23(26)28)17-8-3-2-4-9-17/h2-6,8-10,12,19-20,27H,7,11,13-16H2,1H3. The van der Waals surface area contributed by atoms with Crippen LogP contribution in [-0.2, 0) is 13.0 Å². The van der Waals surface area contributed by atoms with Gasteiger partial charge in [0.05, 0.1) is 19.8 Å². The van der Waals surface area contributed by atoms with Crippen molar-refractivity contribution in [3.05, 3.63) is 70.7 Å². The van der Waals surface area contributed by atoms with Gasteiger partial charge in [0.15, 0.2) is 5.82 Å². The maximum absolute atomic E-state index is 12.2. The summed E-state index contributed by atoms with van der Waals surface area (Å²) in [5.41, 5.74) is 1.96. The van der Waals surface area contributed by atoms with Crippen LogP contribution in [0.1, 0.15) is 18.4 Å². The number of hydrogen-bond acceptors (Lipinski definition) is 6. The molecule has 0 aliphatic carbocycles. The van der Waals surface area contributed by atoms with E-state index in [0.29, 0.717) is 18.4 Å². The van der Waals surface area contributed by atoms with Gasteiger partial charge < -0.3 is 9.84 Å². The first-order chi connectivity index (χ1) is 14.7. The highest BCUT2D eigenvalue weighted by Crippen LogP contribution is 2.26. The van der Waals surface area contributed by atoms with Gasteiger partial charge in [-0.3, -0.25) is 14.0 Å². The molecule has 3 aromatic rings. The molecular weight excluding hydrogens is 382 g/mol. The minimum atomic E-state index is -0.706.